The summed E-state index contributed by atoms with van der Waals surface area (Å²) in [6.07, 6.45) is 7.56. The van der Waals surface area contributed by atoms with Gasteiger partial charge in [0, 0.05) is 73.2 Å². The van der Waals surface area contributed by atoms with Crippen LogP contribution >= 0.6 is 45.3 Å². The van der Waals surface area contributed by atoms with Crippen molar-refractivity contribution in [1.29, 1.82) is 10.5 Å². The third-order valence-electron chi connectivity index (χ3n) is 15.0. The van der Waals surface area contributed by atoms with Crippen LogP contribution in [0.1, 0.15) is 128 Å². The van der Waals surface area contributed by atoms with E-state index in [1.807, 2.05) is 71.2 Å². The molecule has 0 atom stereocenters. The molecule has 4 aromatic heterocycles. The first-order valence-electron chi connectivity index (χ1n) is 22.1. The van der Waals surface area contributed by atoms with Crippen molar-refractivity contribution in [2.24, 2.45) is 0 Å². The van der Waals surface area contributed by atoms with Gasteiger partial charge in [0.2, 0.25) is 0 Å². The Labute approximate surface area is 399 Å². The van der Waals surface area contributed by atoms with Crippen molar-refractivity contribution < 1.29 is 9.59 Å². The summed E-state index contributed by atoms with van der Waals surface area (Å²) in [7, 11) is 0. The van der Waals surface area contributed by atoms with Gasteiger partial charge in [-0.3, -0.25) is 9.59 Å². The van der Waals surface area contributed by atoms with E-state index in [-0.39, 0.29) is 33.8 Å². The summed E-state index contributed by atoms with van der Waals surface area (Å²) in [6.45, 7) is 29.1. The maximum Gasteiger partial charge on any atom is 0.270 e. The van der Waals surface area contributed by atoms with Gasteiger partial charge in [0.25, 0.3) is 11.4 Å². The maximum atomic E-state index is 13.9. The van der Waals surface area contributed by atoms with Gasteiger partial charge < -0.3 is 0 Å². The molecule has 66 heavy (non-hydrogen) atoms. The van der Waals surface area contributed by atoms with Crippen LogP contribution in [-0.4, -0.2) is 11.6 Å². The molecule has 7 aromatic rings. The second-order valence-electron chi connectivity index (χ2n) is 17.4. The highest BCUT2D eigenvalue weighted by Gasteiger charge is 2.50. The first kappa shape index (κ1) is 41.9. The summed E-state index contributed by atoms with van der Waals surface area (Å²) < 4.78 is 4.96. The standard InChI is InChI=1S/C56H38N4O2S4/c1-9-55(10-2)37-21-34-38(22-33(37)51-45(55)53-49(65-51)27(5)41(63-53)23-35-43(39(25-57)59-7)29-17-13-15-19-31(29)47(35)61)56(11-3,12-4)46-52(34)66-50-28(6)42(64-54(46)50)24-36-44(40(26-58)60-8)30-18-14-16-20-32(30)48(36)62/h13-24H,9-12H2,1-6H3/b35-23-,36-24-,43-39-,44-40+. The number of Topliss-reactive ketones (excluding diaryl/α,β-unsaturated/α-hetero) is 2. The zero-order chi connectivity index (χ0) is 46.1. The van der Waals surface area contributed by atoms with Gasteiger partial charge in [-0.15, -0.1) is 45.3 Å². The second kappa shape index (κ2) is 14.9. The Kier molecular flexibility index (Phi) is 9.45. The van der Waals surface area contributed by atoms with Gasteiger partial charge in [-0.1, -0.05) is 76.2 Å². The molecule has 4 aliphatic rings. The molecule has 4 aliphatic carbocycles. The van der Waals surface area contributed by atoms with Crippen molar-refractivity contribution in [3.63, 3.8) is 0 Å². The first-order chi connectivity index (χ1) is 32.0. The molecule has 11 rings (SSSR count). The highest BCUT2D eigenvalue weighted by Crippen LogP contribution is 2.66. The van der Waals surface area contributed by atoms with Crippen molar-refractivity contribution in [3.8, 4) is 33.0 Å². The van der Waals surface area contributed by atoms with E-state index < -0.39 is 0 Å². The largest absolute Gasteiger partial charge is 0.289 e. The average molecular weight is 927 g/mol. The molecule has 0 fully saturated rings. The number of ketones is 2. The van der Waals surface area contributed by atoms with Crippen molar-refractivity contribution in [1.82, 2.24) is 0 Å². The number of thiophene rings is 4. The Morgan fingerprint density at radius 1 is 0.576 bits per heavy atom. The molecule has 10 heteroatoms. The number of hydrogen-bond acceptors (Lipinski definition) is 8. The van der Waals surface area contributed by atoms with Gasteiger partial charge in [0.05, 0.1) is 34.7 Å². The number of nitriles is 2. The lowest BCUT2D eigenvalue weighted by atomic mass is 9.71. The topological polar surface area (TPSA) is 90.4 Å². The summed E-state index contributed by atoms with van der Waals surface area (Å²) >= 11 is 7.16. The van der Waals surface area contributed by atoms with Gasteiger partial charge in [-0.25, -0.2) is 20.2 Å². The second-order valence-corrected chi connectivity index (χ2v) is 21.5. The fourth-order valence-corrected chi connectivity index (χ4v) is 17.6. The Bertz CT molecular complexity index is 3480. The molecular weight excluding hydrogens is 889 g/mol. The minimum absolute atomic E-state index is 0.0705. The molecule has 3 aromatic carbocycles. The lowest BCUT2D eigenvalue weighted by Gasteiger charge is -2.31. The summed E-state index contributed by atoms with van der Waals surface area (Å²) in [5, 5.41) is 20.0. The molecule has 0 N–H and O–H groups in total. The number of nitrogens with zero attached hydrogens (tertiary/aromatic N) is 4. The van der Waals surface area contributed by atoms with Crippen LogP contribution in [0, 0.1) is 49.7 Å². The summed E-state index contributed by atoms with van der Waals surface area (Å²) in [5.41, 5.74) is 13.8. The van der Waals surface area contributed by atoms with Crippen LogP contribution in [0.2, 0.25) is 0 Å². The van der Waals surface area contributed by atoms with Gasteiger partial charge in [0.1, 0.15) is 0 Å². The SMILES string of the molecule is [C-]#[N+]/C(C#N)=C1\C(=C\c2sc3c4c(sc3c2C)-c2cc3c(cc2C4(CC)CC)-c2sc4c(C)c(/C=C5\C(=O)c6ccccc6\C5=C(\C#N)[N+]#[C-])sc4c2C3(CC)CC)C(=O)c2ccccc21. The van der Waals surface area contributed by atoms with Crippen LogP contribution in [0.4, 0.5) is 0 Å². The zero-order valence-electron chi connectivity index (χ0n) is 37.0. The number of hydrogen-bond donors (Lipinski definition) is 0. The van der Waals surface area contributed by atoms with Gasteiger partial charge >= 0.3 is 0 Å². The predicted octanol–water partition coefficient (Wildman–Crippen LogP) is 15.9. The van der Waals surface area contributed by atoms with E-state index in [0.717, 1.165) is 46.6 Å². The van der Waals surface area contributed by atoms with Crippen LogP contribution in [0.25, 0.3) is 72.7 Å². The van der Waals surface area contributed by atoms with Crippen molar-refractivity contribution >= 4 is 99.0 Å². The van der Waals surface area contributed by atoms with Gasteiger partial charge in [-0.05, 0) is 119 Å². The number of allylic oxidation sites excluding steroid dienone is 6. The minimum Gasteiger partial charge on any atom is -0.289 e. The normalized spacial score (nSPS) is 18.5. The van der Waals surface area contributed by atoms with E-state index in [4.69, 9.17) is 13.1 Å². The molecule has 318 valence electrons. The van der Waals surface area contributed by atoms with Crippen molar-refractivity contribution in [2.75, 3.05) is 0 Å². The molecule has 0 spiro atoms. The molecule has 4 heterocycles. The van der Waals surface area contributed by atoms with E-state index in [1.54, 1.807) is 34.8 Å². The van der Waals surface area contributed by atoms with E-state index >= 15 is 0 Å². The molecule has 0 saturated heterocycles. The summed E-state index contributed by atoms with van der Waals surface area (Å²) in [4.78, 5) is 39.6. The molecule has 0 unspecified atom stereocenters. The van der Waals surface area contributed by atoms with Crippen LogP contribution < -0.4 is 0 Å². The van der Waals surface area contributed by atoms with Crippen LogP contribution in [0.15, 0.2) is 83.2 Å². The van der Waals surface area contributed by atoms with E-state index in [9.17, 15) is 20.1 Å². The number of rotatable bonds is 6. The van der Waals surface area contributed by atoms with Gasteiger partial charge in [0.15, 0.2) is 11.6 Å². The maximum absolute atomic E-state index is 13.9. The Hall–Kier alpha value is -6.76. The van der Waals surface area contributed by atoms with Gasteiger partial charge in [-0.2, -0.15) is 0 Å². The minimum atomic E-state index is -0.222. The lowest BCUT2D eigenvalue weighted by molar-refractivity contribution is 0.103. The smallest absolute Gasteiger partial charge is 0.270 e. The van der Waals surface area contributed by atoms with E-state index in [2.05, 4.69) is 75.5 Å². The number of carbonyl (C=O) groups is 2. The number of fused-ring (bicyclic) bond motifs is 12. The Balaban J connectivity index is 1.06. The van der Waals surface area contributed by atoms with Crippen molar-refractivity contribution in [3.05, 3.63) is 171 Å². The molecule has 0 saturated carbocycles. The number of carbonyl (C=O) groups excluding carboxylic acids is 2. The molecule has 0 aliphatic heterocycles. The quantitative estimate of drug-likeness (QED) is 0.0944. The van der Waals surface area contributed by atoms with E-state index in [0.29, 0.717) is 44.5 Å². The fourth-order valence-electron chi connectivity index (χ4n) is 11.6. The third-order valence-corrected chi connectivity index (χ3v) is 20.4. The van der Waals surface area contributed by atoms with E-state index in [1.165, 1.54) is 61.9 Å². The number of aryl methyl sites for hydroxylation is 2. The molecular formula is C56H38N4O2S4. The van der Waals surface area contributed by atoms with Crippen LogP contribution in [0.3, 0.4) is 0 Å². The van der Waals surface area contributed by atoms with Crippen molar-refractivity contribution in [2.45, 2.75) is 78.1 Å². The first-order valence-corrected chi connectivity index (χ1v) is 25.4. The summed E-state index contributed by atoms with van der Waals surface area (Å²) in [5.74, 6) is -0.314. The highest BCUT2D eigenvalue weighted by atomic mass is 32.1. The third kappa shape index (κ3) is 5.16. The average Bonchev–Trinajstić information content (AvgIpc) is 4.22. The highest BCUT2D eigenvalue weighted by molar-refractivity contribution is 7.31. The lowest BCUT2D eigenvalue weighted by Crippen LogP contribution is -2.24. The Morgan fingerprint density at radius 2 is 0.939 bits per heavy atom. The number of benzene rings is 3. The molecule has 0 amide bonds. The monoisotopic (exact) mass is 926 g/mol. The fraction of sp³-hybridized carbons (Fsp3) is 0.214. The predicted molar refractivity (Wildman–Crippen MR) is 272 cm³/mol. The summed E-state index contributed by atoms with van der Waals surface area (Å²) in [6, 6.07) is 23.7. The molecule has 0 radical (unpaired) electrons. The molecule has 0 bridgehead atoms. The zero-order valence-corrected chi connectivity index (χ0v) is 40.3. The molecule has 6 nitrogen and oxygen atoms in total. The van der Waals surface area contributed by atoms with Crippen LogP contribution in [0.5, 0.6) is 0 Å². The van der Waals surface area contributed by atoms with Crippen LogP contribution in [-0.2, 0) is 10.8 Å². The Morgan fingerprint density at radius 3 is 1.27 bits per heavy atom.